The summed E-state index contributed by atoms with van der Waals surface area (Å²) in [6.45, 7) is 3.48. The molecule has 2 heterocycles. The number of hydrogen-bond acceptors (Lipinski definition) is 5. The minimum absolute atomic E-state index is 0.0317. The van der Waals surface area contributed by atoms with Crippen LogP contribution in [0.2, 0.25) is 0 Å². The third kappa shape index (κ3) is 5.76. The summed E-state index contributed by atoms with van der Waals surface area (Å²) in [7, 11) is 0. The van der Waals surface area contributed by atoms with Gasteiger partial charge in [0, 0.05) is 37.7 Å². The van der Waals surface area contributed by atoms with E-state index in [9.17, 15) is 18.0 Å². The highest BCUT2D eigenvalue weighted by Gasteiger charge is 2.33. The predicted molar refractivity (Wildman–Crippen MR) is 75.7 cm³/mol. The molecule has 1 aromatic rings. The number of aryl methyl sites for hydroxylation is 1. The molecule has 0 saturated carbocycles. The van der Waals surface area contributed by atoms with E-state index in [0.717, 1.165) is 6.07 Å². The number of amides is 1. The number of rotatable bonds is 5. The molecule has 2 rings (SSSR count). The van der Waals surface area contributed by atoms with Crippen molar-refractivity contribution in [3.05, 3.63) is 23.3 Å². The maximum absolute atomic E-state index is 12.7. The summed E-state index contributed by atoms with van der Waals surface area (Å²) >= 11 is 0. The van der Waals surface area contributed by atoms with E-state index in [1.165, 1.54) is 6.92 Å². The quantitative estimate of drug-likeness (QED) is 0.836. The summed E-state index contributed by atoms with van der Waals surface area (Å²) in [4.78, 5) is 19.2. The SMILES string of the molecule is Cc1cc(C(F)(F)F)nc(CCNC(=O)C[C@@H]2COCCN2)n1. The molecule has 1 aromatic heterocycles. The summed E-state index contributed by atoms with van der Waals surface area (Å²) in [5.74, 6) is -0.117. The molecule has 0 unspecified atom stereocenters. The molecule has 0 spiro atoms. The molecule has 2 N–H and O–H groups in total. The van der Waals surface area contributed by atoms with Crippen LogP contribution in [0.3, 0.4) is 0 Å². The Morgan fingerprint density at radius 3 is 2.91 bits per heavy atom. The molecule has 1 aliphatic heterocycles. The normalized spacial score (nSPS) is 18.7. The summed E-state index contributed by atoms with van der Waals surface area (Å²) in [6, 6.07) is 0.868. The number of halogens is 3. The number of aromatic nitrogens is 2. The molecule has 0 aromatic carbocycles. The van der Waals surface area contributed by atoms with Gasteiger partial charge in [0.1, 0.15) is 11.5 Å². The smallest absolute Gasteiger partial charge is 0.378 e. The Morgan fingerprint density at radius 1 is 1.48 bits per heavy atom. The molecule has 1 aliphatic rings. The van der Waals surface area contributed by atoms with Gasteiger partial charge in [-0.2, -0.15) is 13.2 Å². The van der Waals surface area contributed by atoms with Gasteiger partial charge in [-0.1, -0.05) is 0 Å². The van der Waals surface area contributed by atoms with E-state index in [4.69, 9.17) is 4.74 Å². The highest BCUT2D eigenvalue weighted by molar-refractivity contribution is 5.76. The van der Waals surface area contributed by atoms with Crippen molar-refractivity contribution < 1.29 is 22.7 Å². The first kappa shape index (κ1) is 17.6. The lowest BCUT2D eigenvalue weighted by molar-refractivity contribution is -0.141. The Labute approximate surface area is 131 Å². The average Bonchev–Trinajstić information content (AvgIpc) is 2.47. The fraction of sp³-hybridized carbons (Fsp3) is 0.643. The van der Waals surface area contributed by atoms with Gasteiger partial charge in [-0.05, 0) is 13.0 Å². The van der Waals surface area contributed by atoms with Crippen molar-refractivity contribution in [2.45, 2.75) is 32.0 Å². The molecule has 1 saturated heterocycles. The van der Waals surface area contributed by atoms with E-state index in [-0.39, 0.29) is 42.9 Å². The van der Waals surface area contributed by atoms with Gasteiger partial charge in [-0.15, -0.1) is 0 Å². The molecule has 1 amide bonds. The molecule has 0 bridgehead atoms. The van der Waals surface area contributed by atoms with Crippen LogP contribution in [0.4, 0.5) is 13.2 Å². The van der Waals surface area contributed by atoms with Gasteiger partial charge in [0.2, 0.25) is 5.91 Å². The summed E-state index contributed by atoms with van der Waals surface area (Å²) in [5, 5.41) is 5.81. The first-order chi connectivity index (χ1) is 10.8. The van der Waals surface area contributed by atoms with Crippen molar-refractivity contribution in [3.63, 3.8) is 0 Å². The Balaban J connectivity index is 1.81. The number of alkyl halides is 3. The zero-order valence-electron chi connectivity index (χ0n) is 12.7. The van der Waals surface area contributed by atoms with E-state index in [1.54, 1.807) is 0 Å². The first-order valence-electron chi connectivity index (χ1n) is 7.34. The Bertz CT molecular complexity index is 545. The Morgan fingerprint density at radius 2 is 2.26 bits per heavy atom. The van der Waals surface area contributed by atoms with Crippen molar-refractivity contribution in [3.8, 4) is 0 Å². The molecule has 128 valence electrons. The van der Waals surface area contributed by atoms with Crippen LogP contribution < -0.4 is 10.6 Å². The van der Waals surface area contributed by atoms with E-state index >= 15 is 0 Å². The molecule has 0 aliphatic carbocycles. The fourth-order valence-electron chi connectivity index (χ4n) is 2.25. The predicted octanol–water partition coefficient (Wildman–Crippen LogP) is 0.841. The third-order valence-electron chi connectivity index (χ3n) is 3.29. The van der Waals surface area contributed by atoms with Gasteiger partial charge in [0.05, 0.1) is 13.2 Å². The summed E-state index contributed by atoms with van der Waals surface area (Å²) in [6.07, 6.45) is -4.09. The van der Waals surface area contributed by atoms with Crippen molar-refractivity contribution >= 4 is 5.91 Å². The second-order valence-electron chi connectivity index (χ2n) is 5.34. The van der Waals surface area contributed by atoms with Crippen molar-refractivity contribution in [2.24, 2.45) is 0 Å². The van der Waals surface area contributed by atoms with Gasteiger partial charge < -0.3 is 15.4 Å². The Hall–Kier alpha value is -1.74. The number of hydrogen-bond donors (Lipinski definition) is 2. The summed E-state index contributed by atoms with van der Waals surface area (Å²) < 4.78 is 43.3. The zero-order valence-corrected chi connectivity index (χ0v) is 12.7. The molecule has 1 atom stereocenters. The van der Waals surface area contributed by atoms with E-state index < -0.39 is 11.9 Å². The topological polar surface area (TPSA) is 76.1 Å². The first-order valence-corrected chi connectivity index (χ1v) is 7.34. The maximum atomic E-state index is 12.7. The summed E-state index contributed by atoms with van der Waals surface area (Å²) in [5.41, 5.74) is -0.716. The molecule has 6 nitrogen and oxygen atoms in total. The number of ether oxygens (including phenoxy) is 1. The average molecular weight is 332 g/mol. The standard InChI is InChI=1S/C14H19F3N4O2/c1-9-6-11(14(15,16)17)21-12(20-9)2-3-19-13(22)7-10-8-23-5-4-18-10/h6,10,18H,2-5,7-8H2,1H3,(H,19,22)/t10-/m1/s1. The minimum Gasteiger partial charge on any atom is -0.378 e. The van der Waals surface area contributed by atoms with Crippen LogP contribution in [0.25, 0.3) is 0 Å². The molecule has 23 heavy (non-hydrogen) atoms. The molecular formula is C14H19F3N4O2. The fourth-order valence-corrected chi connectivity index (χ4v) is 2.25. The molecule has 1 fully saturated rings. The maximum Gasteiger partial charge on any atom is 0.433 e. The van der Waals surface area contributed by atoms with Gasteiger partial charge in [-0.3, -0.25) is 4.79 Å². The molecule has 0 radical (unpaired) electrons. The third-order valence-corrected chi connectivity index (χ3v) is 3.29. The van der Waals surface area contributed by atoms with Crippen molar-refractivity contribution in [1.82, 2.24) is 20.6 Å². The van der Waals surface area contributed by atoms with Crippen LogP contribution in [-0.2, 0) is 22.1 Å². The number of carbonyl (C=O) groups excluding carboxylic acids is 1. The monoisotopic (exact) mass is 332 g/mol. The van der Waals surface area contributed by atoms with E-state index in [2.05, 4.69) is 20.6 Å². The van der Waals surface area contributed by atoms with E-state index in [0.29, 0.717) is 19.8 Å². The number of carbonyl (C=O) groups is 1. The Kier molecular flexibility index (Phi) is 5.89. The molecule has 9 heteroatoms. The highest BCUT2D eigenvalue weighted by atomic mass is 19.4. The van der Waals surface area contributed by atoms with Gasteiger partial charge in [-0.25, -0.2) is 9.97 Å². The largest absolute Gasteiger partial charge is 0.433 e. The van der Waals surface area contributed by atoms with Gasteiger partial charge in [0.25, 0.3) is 0 Å². The van der Waals surface area contributed by atoms with Crippen LogP contribution in [0.15, 0.2) is 6.07 Å². The highest BCUT2D eigenvalue weighted by Crippen LogP contribution is 2.27. The number of nitrogens with zero attached hydrogens (tertiary/aromatic N) is 2. The molecular weight excluding hydrogens is 313 g/mol. The minimum atomic E-state index is -4.50. The van der Waals surface area contributed by atoms with Crippen LogP contribution in [0.1, 0.15) is 23.6 Å². The van der Waals surface area contributed by atoms with Crippen molar-refractivity contribution in [2.75, 3.05) is 26.3 Å². The van der Waals surface area contributed by atoms with Crippen molar-refractivity contribution in [1.29, 1.82) is 0 Å². The second-order valence-corrected chi connectivity index (χ2v) is 5.34. The second kappa shape index (κ2) is 7.69. The lowest BCUT2D eigenvalue weighted by atomic mass is 10.2. The lowest BCUT2D eigenvalue weighted by Gasteiger charge is -2.23. The van der Waals surface area contributed by atoms with Crippen LogP contribution in [0, 0.1) is 6.92 Å². The van der Waals surface area contributed by atoms with Gasteiger partial charge in [0.15, 0.2) is 0 Å². The van der Waals surface area contributed by atoms with Crippen LogP contribution >= 0.6 is 0 Å². The van der Waals surface area contributed by atoms with Crippen LogP contribution in [-0.4, -0.2) is 48.2 Å². The number of morpholine rings is 1. The number of nitrogens with one attached hydrogen (secondary N) is 2. The van der Waals surface area contributed by atoms with Gasteiger partial charge >= 0.3 is 6.18 Å². The zero-order chi connectivity index (χ0) is 16.9. The van der Waals surface area contributed by atoms with Crippen LogP contribution in [0.5, 0.6) is 0 Å². The van der Waals surface area contributed by atoms with E-state index in [1.807, 2.05) is 0 Å². The lowest BCUT2D eigenvalue weighted by Crippen LogP contribution is -2.44.